The Bertz CT molecular complexity index is 1080. The van der Waals surface area contributed by atoms with E-state index in [0.717, 1.165) is 18.7 Å². The van der Waals surface area contributed by atoms with Crippen molar-refractivity contribution in [3.8, 4) is 0 Å². The molecule has 0 fully saturated rings. The van der Waals surface area contributed by atoms with Crippen molar-refractivity contribution in [2.75, 3.05) is 11.9 Å². The highest BCUT2D eigenvalue weighted by molar-refractivity contribution is 5.92. The fraction of sp³-hybridized carbons (Fsp3) is 0.273. The quantitative estimate of drug-likeness (QED) is 0.709. The molecule has 138 valence electrons. The summed E-state index contributed by atoms with van der Waals surface area (Å²) in [4.78, 5) is 25.0. The molecule has 1 aliphatic carbocycles. The average Bonchev–Trinajstić information content (AvgIpc) is 2.66. The number of carboxylic acids is 1. The van der Waals surface area contributed by atoms with Crippen molar-refractivity contribution in [2.24, 2.45) is 0 Å². The van der Waals surface area contributed by atoms with Gasteiger partial charge in [-0.3, -0.25) is 0 Å². The van der Waals surface area contributed by atoms with E-state index in [0.29, 0.717) is 11.0 Å². The second-order valence-corrected chi connectivity index (χ2v) is 7.14. The molecule has 3 aromatic rings. The molecule has 0 radical (unpaired) electrons. The van der Waals surface area contributed by atoms with Gasteiger partial charge in [-0.25, -0.2) is 9.59 Å². The zero-order chi connectivity index (χ0) is 19.0. The van der Waals surface area contributed by atoms with Crippen molar-refractivity contribution in [1.29, 1.82) is 0 Å². The first-order valence-corrected chi connectivity index (χ1v) is 9.14. The molecule has 0 unspecified atom stereocenters. The monoisotopic (exact) mass is 363 g/mol. The van der Waals surface area contributed by atoms with Gasteiger partial charge in [0.05, 0.1) is 0 Å². The lowest BCUT2D eigenvalue weighted by molar-refractivity contribution is 0.0692. The summed E-state index contributed by atoms with van der Waals surface area (Å²) < 4.78 is 5.21. The van der Waals surface area contributed by atoms with Crippen LogP contribution in [0.1, 0.15) is 39.9 Å². The molecule has 0 saturated heterocycles. The van der Waals surface area contributed by atoms with E-state index in [9.17, 15) is 9.59 Å². The van der Waals surface area contributed by atoms with Crippen molar-refractivity contribution in [3.05, 3.63) is 75.1 Å². The number of hydrogen-bond acceptors (Lipinski definition) is 4. The van der Waals surface area contributed by atoms with Gasteiger partial charge in [0.1, 0.15) is 11.1 Å². The van der Waals surface area contributed by atoms with Crippen LogP contribution >= 0.6 is 0 Å². The van der Waals surface area contributed by atoms with E-state index in [1.165, 1.54) is 42.0 Å². The molecule has 4 rings (SSSR count). The molecule has 0 spiro atoms. The number of aryl methyl sites for hydroxylation is 2. The van der Waals surface area contributed by atoms with Gasteiger partial charge in [-0.1, -0.05) is 18.2 Å². The van der Waals surface area contributed by atoms with Gasteiger partial charge in [0.2, 0.25) is 0 Å². The lowest BCUT2D eigenvalue weighted by atomic mass is 9.90. The Morgan fingerprint density at radius 1 is 1.07 bits per heavy atom. The summed E-state index contributed by atoms with van der Waals surface area (Å²) in [6, 6.07) is 13.5. The molecular formula is C22H21NO4. The van der Waals surface area contributed by atoms with Gasteiger partial charge in [0.15, 0.2) is 0 Å². The fourth-order valence-electron chi connectivity index (χ4n) is 3.74. The molecule has 0 saturated carbocycles. The highest BCUT2D eigenvalue weighted by Crippen LogP contribution is 2.25. The van der Waals surface area contributed by atoms with E-state index in [2.05, 4.69) is 23.1 Å². The van der Waals surface area contributed by atoms with Crippen LogP contribution in [0.2, 0.25) is 0 Å². The molecule has 0 amide bonds. The minimum atomic E-state index is -1.28. The predicted molar refractivity (Wildman–Crippen MR) is 105 cm³/mol. The maximum Gasteiger partial charge on any atom is 0.351 e. The van der Waals surface area contributed by atoms with Gasteiger partial charge in [0, 0.05) is 30.7 Å². The van der Waals surface area contributed by atoms with Crippen LogP contribution in [0.3, 0.4) is 0 Å². The van der Waals surface area contributed by atoms with Crippen LogP contribution in [0.4, 0.5) is 5.69 Å². The predicted octanol–water partition coefficient (Wildman–Crippen LogP) is 4.01. The van der Waals surface area contributed by atoms with Gasteiger partial charge in [-0.15, -0.1) is 0 Å². The number of carboxylic acid groups (broad SMARTS) is 1. The van der Waals surface area contributed by atoms with Crippen LogP contribution in [0.25, 0.3) is 11.0 Å². The van der Waals surface area contributed by atoms with Crippen molar-refractivity contribution >= 4 is 22.6 Å². The number of carbonyl (C=O) groups is 1. The van der Waals surface area contributed by atoms with Gasteiger partial charge >= 0.3 is 11.6 Å². The number of anilines is 1. The first kappa shape index (κ1) is 17.3. The molecule has 0 atom stereocenters. The van der Waals surface area contributed by atoms with Crippen molar-refractivity contribution in [2.45, 2.75) is 32.2 Å². The molecule has 27 heavy (non-hydrogen) atoms. The normalized spacial score (nSPS) is 13.4. The third-order valence-corrected chi connectivity index (χ3v) is 5.22. The highest BCUT2D eigenvalue weighted by atomic mass is 16.4. The number of aromatic carboxylic acids is 1. The highest BCUT2D eigenvalue weighted by Gasteiger charge is 2.14. The average molecular weight is 363 g/mol. The number of hydrogen-bond donors (Lipinski definition) is 1. The second kappa shape index (κ2) is 6.91. The minimum Gasteiger partial charge on any atom is -0.477 e. The van der Waals surface area contributed by atoms with E-state index in [4.69, 9.17) is 9.52 Å². The van der Waals surface area contributed by atoms with Crippen LogP contribution < -0.4 is 10.5 Å². The standard InChI is InChI=1S/C22H21NO4/c1-23(13-14-6-7-15-4-2-3-5-16(15)10-14)18-9-8-17-11-19(21(24)25)22(26)27-20(17)12-18/h6-12H,2-5,13H2,1H3,(H,24,25). The Balaban J connectivity index is 1.61. The van der Waals surface area contributed by atoms with Crippen molar-refractivity contribution < 1.29 is 14.3 Å². The summed E-state index contributed by atoms with van der Waals surface area (Å²) in [7, 11) is 1.99. The summed E-state index contributed by atoms with van der Waals surface area (Å²) >= 11 is 0. The Hall–Kier alpha value is -3.08. The molecule has 1 heterocycles. The molecule has 2 aromatic carbocycles. The summed E-state index contributed by atoms with van der Waals surface area (Å²) in [5, 5.41) is 9.64. The van der Waals surface area contributed by atoms with E-state index in [1.807, 2.05) is 13.1 Å². The third-order valence-electron chi connectivity index (χ3n) is 5.22. The Morgan fingerprint density at radius 3 is 2.63 bits per heavy atom. The van der Waals surface area contributed by atoms with Crippen LogP contribution in [0, 0.1) is 0 Å². The van der Waals surface area contributed by atoms with Crippen LogP contribution in [0.15, 0.2) is 51.7 Å². The maximum atomic E-state index is 11.8. The topological polar surface area (TPSA) is 70.8 Å². The summed E-state index contributed by atoms with van der Waals surface area (Å²) in [5.74, 6) is -1.28. The molecule has 1 aliphatic rings. The lowest BCUT2D eigenvalue weighted by Crippen LogP contribution is -2.17. The van der Waals surface area contributed by atoms with Gasteiger partial charge in [0.25, 0.3) is 0 Å². The summed E-state index contributed by atoms with van der Waals surface area (Å²) in [6.45, 7) is 0.746. The largest absolute Gasteiger partial charge is 0.477 e. The third kappa shape index (κ3) is 3.45. The molecule has 0 aliphatic heterocycles. The molecule has 1 aromatic heterocycles. The fourth-order valence-corrected chi connectivity index (χ4v) is 3.74. The van der Waals surface area contributed by atoms with Gasteiger partial charge < -0.3 is 14.4 Å². The minimum absolute atomic E-state index is 0.349. The molecule has 1 N–H and O–H groups in total. The van der Waals surface area contributed by atoms with Crippen molar-refractivity contribution in [3.63, 3.8) is 0 Å². The number of fused-ring (bicyclic) bond motifs is 2. The number of nitrogens with zero attached hydrogens (tertiary/aromatic N) is 1. The Labute approximate surface area is 156 Å². The van der Waals surface area contributed by atoms with E-state index in [1.54, 1.807) is 12.1 Å². The molecule has 5 nitrogen and oxygen atoms in total. The van der Waals surface area contributed by atoms with E-state index < -0.39 is 11.6 Å². The zero-order valence-corrected chi connectivity index (χ0v) is 15.2. The SMILES string of the molecule is CN(Cc1ccc2c(c1)CCCC2)c1ccc2cc(C(=O)O)c(=O)oc2c1. The van der Waals surface area contributed by atoms with E-state index >= 15 is 0 Å². The lowest BCUT2D eigenvalue weighted by Gasteiger charge is -2.22. The number of rotatable bonds is 4. The van der Waals surface area contributed by atoms with Crippen LogP contribution in [-0.2, 0) is 19.4 Å². The summed E-state index contributed by atoms with van der Waals surface area (Å²) in [6.07, 6.45) is 4.86. The van der Waals surface area contributed by atoms with Crippen LogP contribution in [0.5, 0.6) is 0 Å². The zero-order valence-electron chi connectivity index (χ0n) is 15.2. The first-order valence-electron chi connectivity index (χ1n) is 9.14. The Kier molecular flexibility index (Phi) is 4.44. The molecule has 0 bridgehead atoms. The van der Waals surface area contributed by atoms with Gasteiger partial charge in [-0.05, 0) is 60.6 Å². The second-order valence-electron chi connectivity index (χ2n) is 7.14. The number of benzene rings is 2. The van der Waals surface area contributed by atoms with Crippen molar-refractivity contribution in [1.82, 2.24) is 0 Å². The van der Waals surface area contributed by atoms with Gasteiger partial charge in [-0.2, -0.15) is 0 Å². The maximum absolute atomic E-state index is 11.8. The van der Waals surface area contributed by atoms with Crippen LogP contribution in [-0.4, -0.2) is 18.1 Å². The molecule has 5 heteroatoms. The molecular weight excluding hydrogens is 342 g/mol. The smallest absolute Gasteiger partial charge is 0.351 e. The Morgan fingerprint density at radius 2 is 1.85 bits per heavy atom. The first-order chi connectivity index (χ1) is 13.0. The van der Waals surface area contributed by atoms with E-state index in [-0.39, 0.29) is 5.56 Å². The summed E-state index contributed by atoms with van der Waals surface area (Å²) in [5.41, 5.74) is 4.29.